The van der Waals surface area contributed by atoms with Crippen LogP contribution in [0.2, 0.25) is 0 Å². The molecule has 1 aromatic rings. The summed E-state index contributed by atoms with van der Waals surface area (Å²) >= 11 is 0. The topological polar surface area (TPSA) is 46.6 Å². The van der Waals surface area contributed by atoms with Crippen LogP contribution in [0.25, 0.3) is 0 Å². The van der Waals surface area contributed by atoms with Crippen LogP contribution in [0.3, 0.4) is 0 Å². The van der Waals surface area contributed by atoms with Gasteiger partial charge in [-0.15, -0.1) is 0 Å². The van der Waals surface area contributed by atoms with Gasteiger partial charge in [-0.05, 0) is 50.3 Å². The van der Waals surface area contributed by atoms with E-state index in [2.05, 4.69) is 0 Å². The third-order valence-electron chi connectivity index (χ3n) is 4.31. The number of rotatable bonds is 3. The average Bonchev–Trinajstić information content (AvgIpc) is 3.01. The molecule has 1 amide bonds. The van der Waals surface area contributed by atoms with E-state index in [0.717, 1.165) is 49.9 Å². The van der Waals surface area contributed by atoms with Gasteiger partial charge in [0.05, 0.1) is 0 Å². The Kier molecular flexibility index (Phi) is 3.95. The summed E-state index contributed by atoms with van der Waals surface area (Å²) in [5.74, 6) is 0.834. The van der Waals surface area contributed by atoms with E-state index < -0.39 is 6.10 Å². The number of carbonyl (C=O) groups is 2. The van der Waals surface area contributed by atoms with Gasteiger partial charge in [-0.3, -0.25) is 9.59 Å². The van der Waals surface area contributed by atoms with Gasteiger partial charge in [0.1, 0.15) is 5.75 Å². The number of carbonyl (C=O) groups excluding carboxylic acids is 2. The molecule has 1 aromatic carbocycles. The van der Waals surface area contributed by atoms with E-state index in [9.17, 15) is 9.59 Å². The molecule has 1 unspecified atom stereocenters. The Labute approximate surface area is 125 Å². The van der Waals surface area contributed by atoms with Crippen LogP contribution in [0, 0.1) is 0 Å². The van der Waals surface area contributed by atoms with Crippen molar-refractivity contribution in [2.75, 3.05) is 13.1 Å². The van der Waals surface area contributed by atoms with Gasteiger partial charge in [0.25, 0.3) is 5.91 Å². The molecule has 3 rings (SSSR count). The molecule has 0 bridgehead atoms. The molecule has 21 heavy (non-hydrogen) atoms. The highest BCUT2D eigenvalue weighted by molar-refractivity contribution is 5.98. The van der Waals surface area contributed by atoms with Gasteiger partial charge in [0.15, 0.2) is 11.9 Å². The number of fused-ring (bicyclic) bond motifs is 1. The number of ether oxygens (including phenoxy) is 1. The Balaban J connectivity index is 1.71. The zero-order valence-electron chi connectivity index (χ0n) is 12.4. The minimum atomic E-state index is -0.500. The van der Waals surface area contributed by atoms with E-state index in [0.29, 0.717) is 12.2 Å². The van der Waals surface area contributed by atoms with Crippen molar-refractivity contribution in [3.05, 3.63) is 29.3 Å². The molecule has 1 aliphatic carbocycles. The van der Waals surface area contributed by atoms with E-state index in [1.165, 1.54) is 0 Å². The summed E-state index contributed by atoms with van der Waals surface area (Å²) in [6.07, 6.45) is 4.13. The fourth-order valence-corrected chi connectivity index (χ4v) is 3.13. The summed E-state index contributed by atoms with van der Waals surface area (Å²) in [5, 5.41) is 0. The van der Waals surface area contributed by atoms with Gasteiger partial charge < -0.3 is 9.64 Å². The molecule has 112 valence electrons. The summed E-state index contributed by atoms with van der Waals surface area (Å²) in [5.41, 5.74) is 1.86. The van der Waals surface area contributed by atoms with E-state index in [1.54, 1.807) is 13.0 Å². The van der Waals surface area contributed by atoms with E-state index >= 15 is 0 Å². The molecule has 4 heteroatoms. The zero-order valence-corrected chi connectivity index (χ0v) is 12.4. The second-order valence-electron chi connectivity index (χ2n) is 5.89. The molecule has 1 atom stereocenters. The molecule has 2 aliphatic rings. The minimum absolute atomic E-state index is 0.0385. The maximum Gasteiger partial charge on any atom is 0.263 e. The maximum absolute atomic E-state index is 12.2. The number of hydrogen-bond acceptors (Lipinski definition) is 3. The Morgan fingerprint density at radius 2 is 1.95 bits per heavy atom. The molecule has 4 nitrogen and oxygen atoms in total. The highest BCUT2D eigenvalue weighted by Crippen LogP contribution is 2.26. The molecule has 0 radical (unpaired) electrons. The molecular weight excluding hydrogens is 266 g/mol. The van der Waals surface area contributed by atoms with Crippen molar-refractivity contribution >= 4 is 11.7 Å². The third kappa shape index (κ3) is 2.94. The molecule has 1 heterocycles. The maximum atomic E-state index is 12.2. The number of ketones is 1. The zero-order chi connectivity index (χ0) is 14.8. The Morgan fingerprint density at radius 1 is 1.19 bits per heavy atom. The molecule has 1 saturated heterocycles. The fraction of sp³-hybridized carbons (Fsp3) is 0.529. The molecule has 0 saturated carbocycles. The number of Topliss-reactive ketones (excluding diaryl/α,β-unsaturated/α-hetero) is 1. The van der Waals surface area contributed by atoms with Crippen molar-refractivity contribution in [1.82, 2.24) is 4.90 Å². The minimum Gasteiger partial charge on any atom is -0.481 e. The van der Waals surface area contributed by atoms with Crippen LogP contribution in [0.1, 0.15) is 48.5 Å². The molecule has 1 fully saturated rings. The highest BCUT2D eigenvalue weighted by Gasteiger charge is 2.25. The first-order valence-electron chi connectivity index (χ1n) is 7.77. The quantitative estimate of drug-likeness (QED) is 0.858. The molecule has 1 aliphatic heterocycles. The first-order chi connectivity index (χ1) is 10.1. The van der Waals surface area contributed by atoms with Crippen LogP contribution in [0.5, 0.6) is 5.75 Å². The van der Waals surface area contributed by atoms with Crippen molar-refractivity contribution < 1.29 is 14.3 Å². The number of hydrogen-bond donors (Lipinski definition) is 0. The first-order valence-corrected chi connectivity index (χ1v) is 7.77. The summed E-state index contributed by atoms with van der Waals surface area (Å²) in [6.45, 7) is 3.44. The van der Waals surface area contributed by atoms with Crippen molar-refractivity contribution in [3.8, 4) is 5.75 Å². The predicted molar refractivity (Wildman–Crippen MR) is 79.6 cm³/mol. The standard InChI is InChI=1S/C17H21NO3/c1-12(17(20)18-9-2-3-10-18)21-14-8-7-13-5-4-6-16(19)15(13)11-14/h7-8,11-12H,2-6,9-10H2,1H3. The van der Waals surface area contributed by atoms with Crippen LogP contribution in [0.4, 0.5) is 0 Å². The summed E-state index contributed by atoms with van der Waals surface area (Å²) in [4.78, 5) is 26.0. The lowest BCUT2D eigenvalue weighted by atomic mass is 9.90. The number of amides is 1. The normalized spacial score (nSPS) is 19.3. The van der Waals surface area contributed by atoms with Crippen molar-refractivity contribution in [2.24, 2.45) is 0 Å². The lowest BCUT2D eigenvalue weighted by molar-refractivity contribution is -0.136. The van der Waals surface area contributed by atoms with Gasteiger partial charge in [-0.1, -0.05) is 6.07 Å². The van der Waals surface area contributed by atoms with Crippen LogP contribution in [-0.2, 0) is 11.2 Å². The van der Waals surface area contributed by atoms with Gasteiger partial charge in [0.2, 0.25) is 0 Å². The molecule has 0 aromatic heterocycles. The second kappa shape index (κ2) is 5.88. The Hall–Kier alpha value is -1.84. The van der Waals surface area contributed by atoms with Crippen LogP contribution in [-0.4, -0.2) is 35.8 Å². The second-order valence-corrected chi connectivity index (χ2v) is 5.89. The highest BCUT2D eigenvalue weighted by atomic mass is 16.5. The predicted octanol–water partition coefficient (Wildman–Crippen LogP) is 2.60. The van der Waals surface area contributed by atoms with Gasteiger partial charge >= 0.3 is 0 Å². The smallest absolute Gasteiger partial charge is 0.263 e. The van der Waals surface area contributed by atoms with Crippen molar-refractivity contribution in [3.63, 3.8) is 0 Å². The van der Waals surface area contributed by atoms with Crippen LogP contribution < -0.4 is 4.74 Å². The number of likely N-dealkylation sites (tertiary alicyclic amines) is 1. The van der Waals surface area contributed by atoms with Crippen LogP contribution >= 0.6 is 0 Å². The summed E-state index contributed by atoms with van der Waals surface area (Å²) in [6, 6.07) is 5.62. The Morgan fingerprint density at radius 3 is 2.71 bits per heavy atom. The molecule has 0 spiro atoms. The van der Waals surface area contributed by atoms with E-state index in [4.69, 9.17) is 4.74 Å². The molecule has 0 N–H and O–H groups in total. The van der Waals surface area contributed by atoms with E-state index in [1.807, 2.05) is 17.0 Å². The van der Waals surface area contributed by atoms with Crippen molar-refractivity contribution in [1.29, 1.82) is 0 Å². The van der Waals surface area contributed by atoms with Gasteiger partial charge in [0, 0.05) is 25.1 Å². The average molecular weight is 287 g/mol. The SMILES string of the molecule is CC(Oc1ccc2c(c1)C(=O)CCC2)C(=O)N1CCCC1. The van der Waals surface area contributed by atoms with Crippen LogP contribution in [0.15, 0.2) is 18.2 Å². The van der Waals surface area contributed by atoms with Gasteiger partial charge in [-0.2, -0.15) is 0 Å². The third-order valence-corrected chi connectivity index (χ3v) is 4.31. The lowest BCUT2D eigenvalue weighted by Gasteiger charge is -2.22. The van der Waals surface area contributed by atoms with E-state index in [-0.39, 0.29) is 11.7 Å². The summed E-state index contributed by atoms with van der Waals surface area (Å²) < 4.78 is 5.76. The monoisotopic (exact) mass is 287 g/mol. The number of nitrogens with zero attached hydrogens (tertiary/aromatic N) is 1. The Bertz CT molecular complexity index is 561. The molecular formula is C17H21NO3. The summed E-state index contributed by atoms with van der Waals surface area (Å²) in [7, 11) is 0. The van der Waals surface area contributed by atoms with Crippen molar-refractivity contribution in [2.45, 2.75) is 45.1 Å². The number of aryl methyl sites for hydroxylation is 1. The lowest BCUT2D eigenvalue weighted by Crippen LogP contribution is -2.38. The fourth-order valence-electron chi connectivity index (χ4n) is 3.13. The van der Waals surface area contributed by atoms with Gasteiger partial charge in [-0.25, -0.2) is 0 Å². The number of benzene rings is 1. The largest absolute Gasteiger partial charge is 0.481 e. The first kappa shape index (κ1) is 14.1.